The lowest BCUT2D eigenvalue weighted by Crippen LogP contribution is -2.03. The molecular formula is C8H6BrN3O2. The summed E-state index contributed by atoms with van der Waals surface area (Å²) < 4.78 is 2.52. The molecule has 1 N–H and O–H groups in total. The van der Waals surface area contributed by atoms with Gasteiger partial charge in [0.15, 0.2) is 0 Å². The van der Waals surface area contributed by atoms with Crippen molar-refractivity contribution < 1.29 is 9.90 Å². The average molecular weight is 256 g/mol. The summed E-state index contributed by atoms with van der Waals surface area (Å²) in [6.45, 7) is 0. The maximum Gasteiger partial charge on any atom is 0.309 e. The van der Waals surface area contributed by atoms with E-state index in [1.165, 1.54) is 0 Å². The Morgan fingerprint density at radius 1 is 1.64 bits per heavy atom. The molecule has 0 aliphatic heterocycles. The van der Waals surface area contributed by atoms with Crippen LogP contribution in [0.1, 0.15) is 5.69 Å². The Balaban J connectivity index is 2.46. The van der Waals surface area contributed by atoms with Gasteiger partial charge in [-0.25, -0.2) is 9.97 Å². The SMILES string of the molecule is O=C(O)Cc1ccn2c(Br)cnc2n1. The van der Waals surface area contributed by atoms with Gasteiger partial charge in [0.25, 0.3) is 0 Å². The third kappa shape index (κ3) is 1.60. The van der Waals surface area contributed by atoms with Crippen molar-refractivity contribution in [2.45, 2.75) is 6.42 Å². The van der Waals surface area contributed by atoms with Crippen LogP contribution >= 0.6 is 15.9 Å². The highest BCUT2D eigenvalue weighted by atomic mass is 79.9. The topological polar surface area (TPSA) is 67.5 Å². The van der Waals surface area contributed by atoms with Crippen LogP contribution in [0.15, 0.2) is 23.1 Å². The van der Waals surface area contributed by atoms with Crippen LogP contribution in [0.2, 0.25) is 0 Å². The van der Waals surface area contributed by atoms with Gasteiger partial charge in [-0.05, 0) is 22.0 Å². The Morgan fingerprint density at radius 3 is 3.14 bits per heavy atom. The number of hydrogen-bond donors (Lipinski definition) is 1. The molecule has 0 radical (unpaired) electrons. The summed E-state index contributed by atoms with van der Waals surface area (Å²) in [7, 11) is 0. The first-order valence-electron chi connectivity index (χ1n) is 3.87. The predicted octanol–water partition coefficient (Wildman–Crippen LogP) is 1.12. The van der Waals surface area contributed by atoms with Crippen molar-refractivity contribution >= 4 is 27.7 Å². The first kappa shape index (κ1) is 9.14. The smallest absolute Gasteiger partial charge is 0.309 e. The largest absolute Gasteiger partial charge is 0.481 e. The van der Waals surface area contributed by atoms with Crippen LogP contribution in [-0.2, 0) is 11.2 Å². The van der Waals surface area contributed by atoms with Gasteiger partial charge in [0.1, 0.15) is 4.60 Å². The maximum atomic E-state index is 10.4. The number of carboxylic acids is 1. The van der Waals surface area contributed by atoms with Crippen molar-refractivity contribution in [3.63, 3.8) is 0 Å². The molecule has 0 bridgehead atoms. The second-order valence-corrected chi connectivity index (χ2v) is 3.55. The molecule has 0 amide bonds. The van der Waals surface area contributed by atoms with E-state index in [-0.39, 0.29) is 6.42 Å². The highest BCUT2D eigenvalue weighted by Gasteiger charge is 2.05. The van der Waals surface area contributed by atoms with E-state index in [0.29, 0.717) is 11.5 Å². The van der Waals surface area contributed by atoms with Gasteiger partial charge in [0, 0.05) is 6.20 Å². The number of aliphatic carboxylic acids is 1. The van der Waals surface area contributed by atoms with Crippen molar-refractivity contribution in [3.8, 4) is 0 Å². The predicted molar refractivity (Wildman–Crippen MR) is 52.0 cm³/mol. The van der Waals surface area contributed by atoms with E-state index in [2.05, 4.69) is 25.9 Å². The summed E-state index contributed by atoms with van der Waals surface area (Å²) >= 11 is 3.29. The van der Waals surface area contributed by atoms with E-state index in [1.807, 2.05) is 0 Å². The summed E-state index contributed by atoms with van der Waals surface area (Å²) in [4.78, 5) is 18.5. The lowest BCUT2D eigenvalue weighted by atomic mass is 10.3. The van der Waals surface area contributed by atoms with Gasteiger partial charge in [-0.1, -0.05) is 0 Å². The standard InChI is InChI=1S/C8H6BrN3O2/c9-6-4-10-8-11-5(3-7(13)14)1-2-12(6)8/h1-2,4H,3H2,(H,13,14). The van der Waals surface area contributed by atoms with Crippen molar-refractivity contribution in [1.82, 2.24) is 14.4 Å². The van der Waals surface area contributed by atoms with E-state index in [1.54, 1.807) is 22.9 Å². The van der Waals surface area contributed by atoms with Crippen LogP contribution in [0.4, 0.5) is 0 Å². The van der Waals surface area contributed by atoms with Gasteiger partial charge in [-0.3, -0.25) is 9.20 Å². The molecule has 6 heteroatoms. The number of carbonyl (C=O) groups is 1. The minimum Gasteiger partial charge on any atom is -0.481 e. The third-order valence-electron chi connectivity index (χ3n) is 1.72. The molecule has 72 valence electrons. The van der Waals surface area contributed by atoms with Crippen LogP contribution in [0.3, 0.4) is 0 Å². The zero-order valence-corrected chi connectivity index (χ0v) is 8.60. The second kappa shape index (κ2) is 3.38. The molecule has 0 atom stereocenters. The van der Waals surface area contributed by atoms with Gasteiger partial charge in [-0.15, -0.1) is 0 Å². The first-order valence-corrected chi connectivity index (χ1v) is 4.66. The van der Waals surface area contributed by atoms with Crippen LogP contribution in [0.5, 0.6) is 0 Å². The van der Waals surface area contributed by atoms with Crippen molar-refractivity contribution in [2.75, 3.05) is 0 Å². The molecule has 14 heavy (non-hydrogen) atoms. The van der Waals surface area contributed by atoms with E-state index in [0.717, 1.165) is 4.60 Å². The van der Waals surface area contributed by atoms with Gasteiger partial charge >= 0.3 is 5.97 Å². The summed E-state index contributed by atoms with van der Waals surface area (Å²) in [5.74, 6) is -0.400. The number of carboxylic acid groups (broad SMARTS) is 1. The molecule has 0 unspecified atom stereocenters. The summed E-state index contributed by atoms with van der Waals surface area (Å²) in [5.41, 5.74) is 0.503. The Hall–Kier alpha value is -1.43. The number of imidazole rings is 1. The number of rotatable bonds is 2. The molecule has 0 saturated heterocycles. The minimum absolute atomic E-state index is 0.0824. The van der Waals surface area contributed by atoms with Gasteiger partial charge < -0.3 is 5.11 Å². The number of fused-ring (bicyclic) bond motifs is 1. The Bertz CT molecular complexity index is 494. The van der Waals surface area contributed by atoms with Gasteiger partial charge in [-0.2, -0.15) is 0 Å². The number of nitrogens with zero attached hydrogens (tertiary/aromatic N) is 3. The minimum atomic E-state index is -0.896. The number of halogens is 1. The molecule has 0 aromatic carbocycles. The quantitative estimate of drug-likeness (QED) is 0.874. The highest BCUT2D eigenvalue weighted by molar-refractivity contribution is 9.10. The molecule has 5 nitrogen and oxygen atoms in total. The summed E-state index contributed by atoms with van der Waals surface area (Å²) in [6.07, 6.45) is 3.27. The fourth-order valence-corrected chi connectivity index (χ4v) is 1.51. The van der Waals surface area contributed by atoms with E-state index in [4.69, 9.17) is 5.11 Å². The highest BCUT2D eigenvalue weighted by Crippen LogP contribution is 2.11. The maximum absolute atomic E-state index is 10.4. The summed E-state index contributed by atoms with van der Waals surface area (Å²) in [5, 5.41) is 8.57. The van der Waals surface area contributed by atoms with Crippen molar-refractivity contribution in [1.29, 1.82) is 0 Å². The van der Waals surface area contributed by atoms with Crippen LogP contribution in [-0.4, -0.2) is 25.4 Å². The molecule has 0 fully saturated rings. The van der Waals surface area contributed by atoms with Crippen molar-refractivity contribution in [3.05, 3.63) is 28.8 Å². The molecule has 0 spiro atoms. The first-order chi connectivity index (χ1) is 6.66. The Morgan fingerprint density at radius 2 is 2.43 bits per heavy atom. The molecule has 2 aromatic rings. The lowest BCUT2D eigenvalue weighted by Gasteiger charge is -1.97. The van der Waals surface area contributed by atoms with Gasteiger partial charge in [0.2, 0.25) is 5.78 Å². The monoisotopic (exact) mass is 255 g/mol. The second-order valence-electron chi connectivity index (χ2n) is 2.74. The zero-order valence-electron chi connectivity index (χ0n) is 7.01. The molecule has 2 aromatic heterocycles. The average Bonchev–Trinajstić information content (AvgIpc) is 2.46. The Labute approximate surface area is 87.5 Å². The van der Waals surface area contributed by atoms with E-state index >= 15 is 0 Å². The van der Waals surface area contributed by atoms with Gasteiger partial charge in [0.05, 0.1) is 18.3 Å². The van der Waals surface area contributed by atoms with Crippen LogP contribution in [0.25, 0.3) is 5.78 Å². The van der Waals surface area contributed by atoms with E-state index in [9.17, 15) is 4.79 Å². The van der Waals surface area contributed by atoms with Crippen LogP contribution in [0, 0.1) is 0 Å². The van der Waals surface area contributed by atoms with E-state index < -0.39 is 5.97 Å². The molecular weight excluding hydrogens is 250 g/mol. The molecule has 0 aliphatic rings. The molecule has 0 saturated carbocycles. The molecule has 0 aliphatic carbocycles. The lowest BCUT2D eigenvalue weighted by molar-refractivity contribution is -0.136. The zero-order chi connectivity index (χ0) is 10.1. The van der Waals surface area contributed by atoms with Crippen molar-refractivity contribution in [2.24, 2.45) is 0 Å². The fraction of sp³-hybridized carbons (Fsp3) is 0.125. The van der Waals surface area contributed by atoms with Crippen LogP contribution < -0.4 is 0 Å². The Kier molecular flexibility index (Phi) is 2.20. The fourth-order valence-electron chi connectivity index (χ4n) is 1.13. The molecule has 2 heterocycles. The summed E-state index contributed by atoms with van der Waals surface area (Å²) in [6, 6.07) is 1.66. The molecule has 2 rings (SSSR count). The normalized spacial score (nSPS) is 10.6. The third-order valence-corrected chi connectivity index (χ3v) is 2.31. The number of aromatic nitrogens is 3. The number of hydrogen-bond acceptors (Lipinski definition) is 3.